The van der Waals surface area contributed by atoms with Crippen molar-refractivity contribution < 1.29 is 5.11 Å². The Morgan fingerprint density at radius 1 is 1.24 bits per heavy atom. The van der Waals surface area contributed by atoms with Crippen molar-refractivity contribution in [2.24, 2.45) is 5.41 Å². The van der Waals surface area contributed by atoms with E-state index in [0.717, 1.165) is 23.0 Å². The van der Waals surface area contributed by atoms with Gasteiger partial charge in [0.05, 0.1) is 12.1 Å². The fourth-order valence-corrected chi connectivity index (χ4v) is 3.05. The number of hydrogen-bond acceptors (Lipinski definition) is 2. The first-order valence-electron chi connectivity index (χ1n) is 6.14. The van der Waals surface area contributed by atoms with Gasteiger partial charge >= 0.3 is 0 Å². The number of rotatable bonds is 3. The highest BCUT2D eigenvalue weighted by Crippen LogP contribution is 2.47. The minimum Gasteiger partial charge on any atom is -0.394 e. The standard InChI is InChI=1S/C14H20BrNO/c1-13(2)8-3-9-14(13,10-17)16-12-6-4-11(15)5-7-12/h4-7,16-17H,3,8-10H2,1-2H3. The van der Waals surface area contributed by atoms with Crippen LogP contribution in [0.2, 0.25) is 0 Å². The van der Waals surface area contributed by atoms with Crippen LogP contribution in [0.4, 0.5) is 5.69 Å². The Morgan fingerprint density at radius 2 is 1.88 bits per heavy atom. The van der Waals surface area contributed by atoms with Gasteiger partial charge in [0.25, 0.3) is 0 Å². The van der Waals surface area contributed by atoms with Crippen molar-refractivity contribution in [1.82, 2.24) is 0 Å². The van der Waals surface area contributed by atoms with Crippen LogP contribution >= 0.6 is 15.9 Å². The zero-order valence-electron chi connectivity index (χ0n) is 10.5. The van der Waals surface area contributed by atoms with E-state index >= 15 is 0 Å². The third-order valence-corrected chi connectivity index (χ3v) is 4.73. The molecule has 1 unspecified atom stereocenters. The lowest BCUT2D eigenvalue weighted by Crippen LogP contribution is -2.50. The summed E-state index contributed by atoms with van der Waals surface area (Å²) in [6, 6.07) is 8.15. The van der Waals surface area contributed by atoms with Crippen molar-refractivity contribution in [2.45, 2.75) is 38.6 Å². The van der Waals surface area contributed by atoms with E-state index in [-0.39, 0.29) is 17.6 Å². The van der Waals surface area contributed by atoms with Crippen LogP contribution in [0.1, 0.15) is 33.1 Å². The number of aliphatic hydroxyl groups is 1. The van der Waals surface area contributed by atoms with E-state index in [4.69, 9.17) is 0 Å². The molecule has 1 aliphatic carbocycles. The van der Waals surface area contributed by atoms with Gasteiger partial charge < -0.3 is 10.4 Å². The fourth-order valence-electron chi connectivity index (χ4n) is 2.78. The SMILES string of the molecule is CC1(C)CCCC1(CO)Nc1ccc(Br)cc1. The number of benzene rings is 1. The Hall–Kier alpha value is -0.540. The molecular weight excluding hydrogens is 278 g/mol. The molecule has 17 heavy (non-hydrogen) atoms. The molecule has 1 aromatic rings. The van der Waals surface area contributed by atoms with Crippen LogP contribution in [0.3, 0.4) is 0 Å². The van der Waals surface area contributed by atoms with E-state index in [2.05, 4.69) is 47.2 Å². The molecule has 0 bridgehead atoms. The van der Waals surface area contributed by atoms with E-state index in [9.17, 15) is 5.11 Å². The van der Waals surface area contributed by atoms with Gasteiger partial charge in [0.1, 0.15) is 0 Å². The molecule has 1 aliphatic rings. The first kappa shape index (κ1) is 12.9. The van der Waals surface area contributed by atoms with Gasteiger partial charge in [-0.05, 0) is 42.5 Å². The van der Waals surface area contributed by atoms with Gasteiger partial charge in [0.2, 0.25) is 0 Å². The van der Waals surface area contributed by atoms with E-state index in [1.165, 1.54) is 6.42 Å². The van der Waals surface area contributed by atoms with E-state index < -0.39 is 0 Å². The van der Waals surface area contributed by atoms with Crippen LogP contribution in [-0.4, -0.2) is 17.3 Å². The maximum absolute atomic E-state index is 9.80. The summed E-state index contributed by atoms with van der Waals surface area (Å²) in [6.07, 6.45) is 3.38. The summed E-state index contributed by atoms with van der Waals surface area (Å²) >= 11 is 3.43. The summed E-state index contributed by atoms with van der Waals surface area (Å²) in [5.41, 5.74) is 1.03. The summed E-state index contributed by atoms with van der Waals surface area (Å²) in [4.78, 5) is 0. The maximum atomic E-state index is 9.80. The Bertz CT molecular complexity index is 388. The fraction of sp³-hybridized carbons (Fsp3) is 0.571. The minimum atomic E-state index is -0.180. The van der Waals surface area contributed by atoms with Gasteiger partial charge in [0.15, 0.2) is 0 Å². The van der Waals surface area contributed by atoms with Crippen molar-refractivity contribution >= 4 is 21.6 Å². The van der Waals surface area contributed by atoms with Gasteiger partial charge in [-0.25, -0.2) is 0 Å². The molecule has 0 spiro atoms. The van der Waals surface area contributed by atoms with Crippen LogP contribution in [0.15, 0.2) is 28.7 Å². The van der Waals surface area contributed by atoms with Crippen LogP contribution < -0.4 is 5.32 Å². The van der Waals surface area contributed by atoms with Gasteiger partial charge in [-0.1, -0.05) is 36.2 Å². The molecule has 2 nitrogen and oxygen atoms in total. The molecule has 0 saturated heterocycles. The molecule has 2 rings (SSSR count). The quantitative estimate of drug-likeness (QED) is 0.889. The third-order valence-electron chi connectivity index (χ3n) is 4.20. The molecule has 0 aromatic heterocycles. The molecule has 1 atom stereocenters. The smallest absolute Gasteiger partial charge is 0.0666 e. The summed E-state index contributed by atoms with van der Waals surface area (Å²) in [5, 5.41) is 13.3. The summed E-state index contributed by atoms with van der Waals surface area (Å²) in [7, 11) is 0. The zero-order chi connectivity index (χ0) is 12.5. The van der Waals surface area contributed by atoms with Crippen LogP contribution in [-0.2, 0) is 0 Å². The number of anilines is 1. The molecular formula is C14H20BrNO. The molecule has 1 saturated carbocycles. The minimum absolute atomic E-state index is 0.134. The normalized spacial score (nSPS) is 27.1. The number of nitrogens with one attached hydrogen (secondary N) is 1. The second kappa shape index (κ2) is 4.62. The lowest BCUT2D eigenvalue weighted by Gasteiger charge is -2.41. The van der Waals surface area contributed by atoms with Crippen molar-refractivity contribution in [2.75, 3.05) is 11.9 Å². The van der Waals surface area contributed by atoms with Gasteiger partial charge in [-0.2, -0.15) is 0 Å². The lowest BCUT2D eigenvalue weighted by atomic mass is 9.75. The molecule has 1 fully saturated rings. The van der Waals surface area contributed by atoms with Crippen molar-refractivity contribution in [1.29, 1.82) is 0 Å². The predicted molar refractivity (Wildman–Crippen MR) is 75.2 cm³/mol. The molecule has 3 heteroatoms. The second-order valence-corrected chi connectivity index (χ2v) is 6.53. The Balaban J connectivity index is 2.23. The van der Waals surface area contributed by atoms with E-state index in [0.29, 0.717) is 0 Å². The molecule has 94 valence electrons. The van der Waals surface area contributed by atoms with E-state index in [1.54, 1.807) is 0 Å². The summed E-state index contributed by atoms with van der Waals surface area (Å²) in [6.45, 7) is 4.67. The first-order valence-corrected chi connectivity index (χ1v) is 6.93. The summed E-state index contributed by atoms with van der Waals surface area (Å²) < 4.78 is 1.08. The predicted octanol–water partition coefficient (Wildman–Crippen LogP) is 3.80. The maximum Gasteiger partial charge on any atom is 0.0666 e. The monoisotopic (exact) mass is 297 g/mol. The van der Waals surface area contributed by atoms with Crippen molar-refractivity contribution in [3.8, 4) is 0 Å². The number of hydrogen-bond donors (Lipinski definition) is 2. The summed E-state index contributed by atoms with van der Waals surface area (Å²) in [5.74, 6) is 0. The molecule has 1 aromatic carbocycles. The highest BCUT2D eigenvalue weighted by molar-refractivity contribution is 9.10. The number of aliphatic hydroxyl groups excluding tert-OH is 1. The Morgan fingerprint density at radius 3 is 2.35 bits per heavy atom. The molecule has 0 aliphatic heterocycles. The molecule has 2 N–H and O–H groups in total. The zero-order valence-corrected chi connectivity index (χ0v) is 12.0. The molecule has 0 amide bonds. The van der Waals surface area contributed by atoms with Gasteiger partial charge in [0, 0.05) is 10.2 Å². The Labute approximate surface area is 112 Å². The van der Waals surface area contributed by atoms with Crippen molar-refractivity contribution in [3.63, 3.8) is 0 Å². The third kappa shape index (κ3) is 2.36. The van der Waals surface area contributed by atoms with Crippen LogP contribution in [0.25, 0.3) is 0 Å². The van der Waals surface area contributed by atoms with Crippen LogP contribution in [0, 0.1) is 5.41 Å². The molecule has 0 heterocycles. The second-order valence-electron chi connectivity index (χ2n) is 5.61. The first-order chi connectivity index (χ1) is 7.99. The topological polar surface area (TPSA) is 32.3 Å². The highest BCUT2D eigenvalue weighted by Gasteiger charge is 2.48. The van der Waals surface area contributed by atoms with Gasteiger partial charge in [-0.3, -0.25) is 0 Å². The molecule has 0 radical (unpaired) electrons. The van der Waals surface area contributed by atoms with Crippen molar-refractivity contribution in [3.05, 3.63) is 28.7 Å². The average Bonchev–Trinajstić information content (AvgIpc) is 2.58. The van der Waals surface area contributed by atoms with Gasteiger partial charge in [-0.15, -0.1) is 0 Å². The number of halogens is 1. The van der Waals surface area contributed by atoms with E-state index in [1.807, 2.05) is 12.1 Å². The average molecular weight is 298 g/mol. The largest absolute Gasteiger partial charge is 0.394 e. The highest BCUT2D eigenvalue weighted by atomic mass is 79.9. The van der Waals surface area contributed by atoms with Crippen LogP contribution in [0.5, 0.6) is 0 Å². The lowest BCUT2D eigenvalue weighted by molar-refractivity contribution is 0.128. The Kier molecular flexibility index (Phi) is 3.50.